The third-order valence-electron chi connectivity index (χ3n) is 4.71. The van der Waals surface area contributed by atoms with E-state index < -0.39 is 39.0 Å². The Morgan fingerprint density at radius 2 is 1.88 bits per heavy atom. The first kappa shape index (κ1) is 24.0. The van der Waals surface area contributed by atoms with Crippen LogP contribution >= 0.6 is 11.8 Å². The Morgan fingerprint density at radius 1 is 1.21 bits per heavy atom. The summed E-state index contributed by atoms with van der Waals surface area (Å²) in [6, 6.07) is 2.80. The average molecular weight is 476 g/mol. The Balaban J connectivity index is 2.01. The Kier molecular flexibility index (Phi) is 6.36. The maximum Gasteiger partial charge on any atom is 0.332 e. The third kappa shape index (κ3) is 4.77. The van der Waals surface area contributed by atoms with Gasteiger partial charge in [0.15, 0.2) is 5.65 Å². The van der Waals surface area contributed by atoms with Gasteiger partial charge in [0.2, 0.25) is 5.91 Å². The predicted molar refractivity (Wildman–Crippen MR) is 121 cm³/mol. The second-order valence-corrected chi connectivity index (χ2v) is 9.23. The van der Waals surface area contributed by atoms with Crippen LogP contribution in [0.25, 0.3) is 11.0 Å². The molecule has 0 saturated heterocycles. The van der Waals surface area contributed by atoms with Crippen LogP contribution < -0.4 is 16.6 Å². The molecule has 2 heterocycles. The molecule has 0 aliphatic heterocycles. The lowest BCUT2D eigenvalue weighted by molar-refractivity contribution is -0.384. The molecule has 1 amide bonds. The highest BCUT2D eigenvalue weighted by Gasteiger charge is 2.24. The standard InChI is InChI=1S/C20H21FN6O5S/c1-20(2,3)18-23-15-14(17(29)26(5)19(30)25(15)4)16(24-18)33-9-13(28)22-11-7-6-10(21)8-12(11)27(31)32/h6-8H,9H2,1-5H3,(H,22,28). The number of benzene rings is 1. The molecule has 0 aliphatic rings. The Bertz CT molecular complexity index is 1410. The number of carbonyl (C=O) groups excluding carboxylic acids is 1. The monoisotopic (exact) mass is 476 g/mol. The molecule has 0 unspecified atom stereocenters. The molecule has 0 aliphatic carbocycles. The third-order valence-corrected chi connectivity index (χ3v) is 5.68. The molecule has 0 spiro atoms. The fourth-order valence-corrected chi connectivity index (χ4v) is 3.76. The van der Waals surface area contributed by atoms with Crippen molar-refractivity contribution in [3.8, 4) is 0 Å². The van der Waals surface area contributed by atoms with E-state index in [0.717, 1.165) is 28.5 Å². The van der Waals surface area contributed by atoms with E-state index in [2.05, 4.69) is 15.3 Å². The van der Waals surface area contributed by atoms with Gasteiger partial charge >= 0.3 is 5.69 Å². The number of hydrogen-bond acceptors (Lipinski definition) is 8. The largest absolute Gasteiger partial charge is 0.332 e. The first-order valence-electron chi connectivity index (χ1n) is 9.66. The number of carbonyl (C=O) groups is 1. The minimum Gasteiger partial charge on any atom is -0.320 e. The molecule has 174 valence electrons. The molecule has 3 aromatic rings. The number of nitrogens with one attached hydrogen (secondary N) is 1. The molecule has 0 fully saturated rings. The van der Waals surface area contributed by atoms with E-state index in [1.54, 1.807) is 0 Å². The fraction of sp³-hybridized carbons (Fsp3) is 0.350. The van der Waals surface area contributed by atoms with Crippen molar-refractivity contribution in [2.45, 2.75) is 31.2 Å². The van der Waals surface area contributed by atoms with Crippen molar-refractivity contribution in [2.75, 3.05) is 11.1 Å². The van der Waals surface area contributed by atoms with Crippen molar-refractivity contribution in [3.05, 3.63) is 60.8 Å². The molecule has 33 heavy (non-hydrogen) atoms. The Morgan fingerprint density at radius 3 is 2.48 bits per heavy atom. The molecule has 0 atom stereocenters. The predicted octanol–water partition coefficient (Wildman–Crippen LogP) is 2.10. The summed E-state index contributed by atoms with van der Waals surface area (Å²) in [5.41, 5.74) is -2.28. The molecule has 2 aromatic heterocycles. The van der Waals surface area contributed by atoms with Gasteiger partial charge in [-0.2, -0.15) is 0 Å². The fourth-order valence-electron chi connectivity index (χ4n) is 2.95. The lowest BCUT2D eigenvalue weighted by atomic mass is 9.96. The van der Waals surface area contributed by atoms with E-state index in [9.17, 15) is 28.9 Å². The molecule has 1 aromatic carbocycles. The summed E-state index contributed by atoms with van der Waals surface area (Å²) in [5.74, 6) is -1.32. The maximum atomic E-state index is 13.3. The molecule has 1 N–H and O–H groups in total. The zero-order chi connectivity index (χ0) is 24.7. The number of amides is 1. The summed E-state index contributed by atoms with van der Waals surface area (Å²) in [6.45, 7) is 5.59. The molecule has 3 rings (SSSR count). The number of thioether (sulfide) groups is 1. The van der Waals surface area contributed by atoms with E-state index in [4.69, 9.17) is 0 Å². The van der Waals surface area contributed by atoms with Crippen LogP contribution in [0.5, 0.6) is 0 Å². The van der Waals surface area contributed by atoms with Gasteiger partial charge in [-0.25, -0.2) is 19.2 Å². The first-order chi connectivity index (χ1) is 15.3. The van der Waals surface area contributed by atoms with Crippen LogP contribution in [0.3, 0.4) is 0 Å². The molecule has 11 nitrogen and oxygen atoms in total. The summed E-state index contributed by atoms with van der Waals surface area (Å²) < 4.78 is 15.5. The smallest absolute Gasteiger partial charge is 0.320 e. The summed E-state index contributed by atoms with van der Waals surface area (Å²) in [4.78, 5) is 56.9. The highest BCUT2D eigenvalue weighted by molar-refractivity contribution is 8.00. The van der Waals surface area contributed by atoms with E-state index in [1.807, 2.05) is 20.8 Å². The van der Waals surface area contributed by atoms with Gasteiger partial charge in [-0.3, -0.25) is 28.8 Å². The second-order valence-electron chi connectivity index (χ2n) is 8.26. The number of aromatic nitrogens is 4. The number of nitro groups is 1. The summed E-state index contributed by atoms with van der Waals surface area (Å²) in [7, 11) is 2.81. The topological polar surface area (TPSA) is 142 Å². The molecule has 0 bridgehead atoms. The SMILES string of the molecule is Cn1c(=O)c2c(SCC(=O)Nc3ccc(F)cc3[N+](=O)[O-])nc(C(C)(C)C)nc2n(C)c1=O. The van der Waals surface area contributed by atoms with Crippen LogP contribution in [0.1, 0.15) is 26.6 Å². The highest BCUT2D eigenvalue weighted by atomic mass is 32.2. The molecular weight excluding hydrogens is 455 g/mol. The minimum absolute atomic E-state index is 0.0816. The Hall–Kier alpha value is -3.61. The van der Waals surface area contributed by atoms with Crippen LogP contribution in [0.15, 0.2) is 32.8 Å². The number of anilines is 1. The quantitative estimate of drug-likeness (QED) is 0.255. The van der Waals surface area contributed by atoms with E-state index >= 15 is 0 Å². The van der Waals surface area contributed by atoms with Gasteiger partial charge in [-0.1, -0.05) is 32.5 Å². The van der Waals surface area contributed by atoms with Crippen LogP contribution in [0.4, 0.5) is 15.8 Å². The average Bonchev–Trinajstić information content (AvgIpc) is 2.74. The zero-order valence-corrected chi connectivity index (χ0v) is 19.3. The van der Waals surface area contributed by atoms with Crippen LogP contribution in [0.2, 0.25) is 0 Å². The number of aryl methyl sites for hydroxylation is 1. The van der Waals surface area contributed by atoms with E-state index in [0.29, 0.717) is 11.9 Å². The number of hydrogen-bond donors (Lipinski definition) is 1. The number of nitro benzene ring substituents is 1. The van der Waals surface area contributed by atoms with Gasteiger partial charge in [0.25, 0.3) is 11.2 Å². The van der Waals surface area contributed by atoms with Crippen LogP contribution in [-0.2, 0) is 24.3 Å². The molecule has 0 saturated carbocycles. The van der Waals surface area contributed by atoms with Gasteiger partial charge in [-0.05, 0) is 12.1 Å². The maximum absolute atomic E-state index is 13.3. The van der Waals surface area contributed by atoms with Gasteiger partial charge in [0.1, 0.15) is 27.7 Å². The van der Waals surface area contributed by atoms with Crippen molar-refractivity contribution < 1.29 is 14.1 Å². The van der Waals surface area contributed by atoms with Crippen molar-refractivity contribution in [3.63, 3.8) is 0 Å². The summed E-state index contributed by atoms with van der Waals surface area (Å²) in [6.07, 6.45) is 0. The number of halogens is 1. The van der Waals surface area contributed by atoms with Crippen LogP contribution in [0, 0.1) is 15.9 Å². The number of nitrogens with zero attached hydrogens (tertiary/aromatic N) is 5. The Labute approximate surface area is 190 Å². The van der Waals surface area contributed by atoms with Crippen molar-refractivity contribution in [2.24, 2.45) is 14.1 Å². The number of rotatable bonds is 5. The normalized spacial score (nSPS) is 11.6. The highest BCUT2D eigenvalue weighted by Crippen LogP contribution is 2.28. The summed E-state index contributed by atoms with van der Waals surface area (Å²) in [5, 5.41) is 13.8. The van der Waals surface area contributed by atoms with E-state index in [1.165, 1.54) is 18.7 Å². The molecule has 13 heteroatoms. The van der Waals surface area contributed by atoms with E-state index in [-0.39, 0.29) is 27.5 Å². The van der Waals surface area contributed by atoms with Gasteiger partial charge in [0, 0.05) is 19.5 Å². The lowest BCUT2D eigenvalue weighted by Crippen LogP contribution is -2.38. The van der Waals surface area contributed by atoms with Gasteiger partial charge < -0.3 is 5.32 Å². The zero-order valence-electron chi connectivity index (χ0n) is 18.5. The van der Waals surface area contributed by atoms with Gasteiger partial charge in [0.05, 0.1) is 16.7 Å². The lowest BCUT2D eigenvalue weighted by Gasteiger charge is -2.19. The number of fused-ring (bicyclic) bond motifs is 1. The van der Waals surface area contributed by atoms with Crippen molar-refractivity contribution in [1.82, 2.24) is 19.1 Å². The second kappa shape index (κ2) is 8.73. The minimum atomic E-state index is -0.808. The van der Waals surface area contributed by atoms with Crippen molar-refractivity contribution in [1.29, 1.82) is 0 Å². The summed E-state index contributed by atoms with van der Waals surface area (Å²) >= 11 is 0.927. The van der Waals surface area contributed by atoms with Crippen molar-refractivity contribution >= 4 is 40.1 Å². The van der Waals surface area contributed by atoms with Crippen LogP contribution in [-0.4, -0.2) is 35.7 Å². The van der Waals surface area contributed by atoms with Gasteiger partial charge in [-0.15, -0.1) is 0 Å². The molecule has 0 radical (unpaired) electrons. The molecular formula is C20H21FN6O5S. The first-order valence-corrected chi connectivity index (χ1v) is 10.6.